The fraction of sp³-hybridized carbons (Fsp3) is 0.250. The lowest BCUT2D eigenvalue weighted by Crippen LogP contribution is -2.32. The van der Waals surface area contributed by atoms with Gasteiger partial charge >= 0.3 is 5.97 Å². The van der Waals surface area contributed by atoms with Gasteiger partial charge in [0, 0.05) is 24.0 Å². The van der Waals surface area contributed by atoms with Gasteiger partial charge in [-0.2, -0.15) is 4.31 Å². The number of fused-ring (bicyclic) bond motifs is 1. The molecule has 0 atom stereocenters. The summed E-state index contributed by atoms with van der Waals surface area (Å²) in [6, 6.07) is 22.4. The van der Waals surface area contributed by atoms with Crippen molar-refractivity contribution < 1.29 is 22.4 Å². The molecule has 0 saturated heterocycles. The smallest absolute Gasteiger partial charge is 0.374 e. The molecule has 6 nitrogen and oxygen atoms in total. The van der Waals surface area contributed by atoms with Gasteiger partial charge in [0.15, 0.2) is 0 Å². The summed E-state index contributed by atoms with van der Waals surface area (Å²) in [5.74, 6) is -0.466. The molecule has 0 aliphatic heterocycles. The summed E-state index contributed by atoms with van der Waals surface area (Å²) in [6.45, 7) is 6.26. The summed E-state index contributed by atoms with van der Waals surface area (Å²) in [6.07, 6.45) is 0.589. The summed E-state index contributed by atoms with van der Waals surface area (Å²) in [7, 11) is -3.83. The molecule has 3 aromatic carbocycles. The van der Waals surface area contributed by atoms with Crippen LogP contribution in [0.1, 0.15) is 39.7 Å². The minimum Gasteiger partial charge on any atom is -0.460 e. The van der Waals surface area contributed by atoms with E-state index in [-0.39, 0.29) is 23.8 Å². The number of carbonyl (C=O) groups excluding carboxylic acids is 1. The molecule has 0 radical (unpaired) electrons. The van der Waals surface area contributed by atoms with Crippen LogP contribution < -0.4 is 0 Å². The van der Waals surface area contributed by atoms with Crippen molar-refractivity contribution in [1.29, 1.82) is 0 Å². The fourth-order valence-corrected chi connectivity index (χ4v) is 5.44. The van der Waals surface area contributed by atoms with Gasteiger partial charge in [-0.25, -0.2) is 13.2 Å². The molecule has 0 amide bonds. The van der Waals surface area contributed by atoms with E-state index in [9.17, 15) is 13.2 Å². The number of hydrogen-bond acceptors (Lipinski definition) is 5. The molecular formula is C28H29NO5S. The molecule has 0 spiro atoms. The number of ether oxygens (including phenoxy) is 1. The lowest BCUT2D eigenvalue weighted by atomic mass is 10.1. The van der Waals surface area contributed by atoms with E-state index in [1.165, 1.54) is 10.4 Å². The van der Waals surface area contributed by atoms with E-state index in [2.05, 4.69) is 0 Å². The maximum atomic E-state index is 13.8. The van der Waals surface area contributed by atoms with Crippen LogP contribution in [-0.4, -0.2) is 31.8 Å². The van der Waals surface area contributed by atoms with E-state index in [0.717, 1.165) is 16.7 Å². The number of sulfonamides is 1. The van der Waals surface area contributed by atoms with Gasteiger partial charge in [0.25, 0.3) is 0 Å². The van der Waals surface area contributed by atoms with Crippen LogP contribution in [0.5, 0.6) is 0 Å². The largest absolute Gasteiger partial charge is 0.460 e. The van der Waals surface area contributed by atoms with Crippen molar-refractivity contribution in [2.75, 3.05) is 13.2 Å². The molecule has 4 rings (SSSR count). The lowest BCUT2D eigenvalue weighted by molar-refractivity contribution is 0.0491. The molecule has 35 heavy (non-hydrogen) atoms. The van der Waals surface area contributed by atoms with E-state index < -0.39 is 16.0 Å². The van der Waals surface area contributed by atoms with Gasteiger partial charge in [-0.15, -0.1) is 0 Å². The van der Waals surface area contributed by atoms with Gasteiger partial charge < -0.3 is 9.15 Å². The zero-order valence-electron chi connectivity index (χ0n) is 20.2. The summed E-state index contributed by atoms with van der Waals surface area (Å²) in [5.41, 5.74) is 4.10. The molecule has 0 N–H and O–H groups in total. The lowest BCUT2D eigenvalue weighted by Gasteiger charge is -2.23. The highest BCUT2D eigenvalue weighted by Gasteiger charge is 2.27. The predicted octanol–water partition coefficient (Wildman–Crippen LogP) is 5.66. The Morgan fingerprint density at radius 1 is 0.943 bits per heavy atom. The first kappa shape index (κ1) is 24.7. The number of esters is 1. The van der Waals surface area contributed by atoms with Crippen molar-refractivity contribution in [2.45, 2.75) is 38.6 Å². The Balaban J connectivity index is 1.69. The summed E-state index contributed by atoms with van der Waals surface area (Å²) < 4.78 is 39.9. The van der Waals surface area contributed by atoms with Crippen molar-refractivity contribution in [2.24, 2.45) is 0 Å². The first-order valence-corrected chi connectivity index (χ1v) is 13.0. The Kier molecular flexibility index (Phi) is 7.38. The molecule has 182 valence electrons. The predicted molar refractivity (Wildman–Crippen MR) is 136 cm³/mol. The minimum atomic E-state index is -3.83. The molecule has 0 aliphatic carbocycles. The molecule has 1 heterocycles. The molecule has 0 unspecified atom stereocenters. The third-order valence-corrected chi connectivity index (χ3v) is 7.82. The van der Waals surface area contributed by atoms with Crippen molar-refractivity contribution in [3.63, 3.8) is 0 Å². The average molecular weight is 492 g/mol. The molecule has 0 saturated carbocycles. The van der Waals surface area contributed by atoms with Crippen LogP contribution in [0.4, 0.5) is 0 Å². The van der Waals surface area contributed by atoms with Crippen LogP contribution in [0, 0.1) is 13.8 Å². The van der Waals surface area contributed by atoms with E-state index in [1.54, 1.807) is 26.0 Å². The topological polar surface area (TPSA) is 76.8 Å². The first-order valence-electron chi connectivity index (χ1n) is 11.6. The number of benzene rings is 3. The second-order valence-electron chi connectivity index (χ2n) is 8.49. The highest BCUT2D eigenvalue weighted by molar-refractivity contribution is 7.89. The molecule has 0 aliphatic rings. The summed E-state index contributed by atoms with van der Waals surface area (Å²) in [4.78, 5) is 12.4. The van der Waals surface area contributed by atoms with Crippen molar-refractivity contribution in [1.82, 2.24) is 4.31 Å². The Bertz CT molecular complexity index is 1420. The number of furan rings is 1. The van der Waals surface area contributed by atoms with Crippen LogP contribution in [0.25, 0.3) is 11.0 Å². The standard InChI is InChI=1S/C28H29NO5S/c1-4-33-28(30)27-21(3)25-18-24(14-15-26(25)34-27)35(31,32)29(17-16-22-8-6-5-7-9-22)19-23-12-10-20(2)11-13-23/h5-15,18H,4,16-17,19H2,1-3H3. The Hall–Kier alpha value is -3.42. The fourth-order valence-electron chi connectivity index (χ4n) is 3.98. The Morgan fingerprint density at radius 3 is 2.34 bits per heavy atom. The van der Waals surface area contributed by atoms with E-state index in [1.807, 2.05) is 61.5 Å². The van der Waals surface area contributed by atoms with Crippen LogP contribution >= 0.6 is 0 Å². The van der Waals surface area contributed by atoms with Gasteiger partial charge in [-0.05, 0) is 56.5 Å². The van der Waals surface area contributed by atoms with Gasteiger partial charge in [0.05, 0.1) is 11.5 Å². The van der Waals surface area contributed by atoms with Gasteiger partial charge in [0.2, 0.25) is 15.8 Å². The quantitative estimate of drug-likeness (QED) is 0.282. The van der Waals surface area contributed by atoms with Crippen LogP contribution in [-0.2, 0) is 27.7 Å². The SMILES string of the molecule is CCOC(=O)c1oc2ccc(S(=O)(=O)N(CCc3ccccc3)Cc3ccc(C)cc3)cc2c1C. The number of carbonyl (C=O) groups is 1. The number of nitrogens with zero attached hydrogens (tertiary/aromatic N) is 1. The third kappa shape index (κ3) is 5.47. The summed E-state index contributed by atoms with van der Waals surface area (Å²) in [5, 5.41) is 0.576. The van der Waals surface area contributed by atoms with Crippen molar-refractivity contribution in [3.8, 4) is 0 Å². The number of hydrogen-bond donors (Lipinski definition) is 0. The van der Waals surface area contributed by atoms with Crippen molar-refractivity contribution >= 4 is 27.0 Å². The zero-order valence-corrected chi connectivity index (χ0v) is 21.0. The van der Waals surface area contributed by atoms with Gasteiger partial charge in [-0.3, -0.25) is 0 Å². The average Bonchev–Trinajstić information content (AvgIpc) is 3.19. The van der Waals surface area contributed by atoms with Crippen LogP contribution in [0.2, 0.25) is 0 Å². The monoisotopic (exact) mass is 491 g/mol. The molecule has 7 heteroatoms. The molecule has 0 fully saturated rings. The van der Waals surface area contributed by atoms with Gasteiger partial charge in [-0.1, -0.05) is 60.2 Å². The van der Waals surface area contributed by atoms with E-state index >= 15 is 0 Å². The normalized spacial score (nSPS) is 11.8. The Morgan fingerprint density at radius 2 is 1.66 bits per heavy atom. The molecular weight excluding hydrogens is 462 g/mol. The second-order valence-corrected chi connectivity index (χ2v) is 10.4. The Labute approximate surface area is 206 Å². The second kappa shape index (κ2) is 10.5. The van der Waals surface area contributed by atoms with E-state index in [0.29, 0.717) is 29.5 Å². The number of rotatable bonds is 9. The van der Waals surface area contributed by atoms with Crippen LogP contribution in [0.3, 0.4) is 0 Å². The minimum absolute atomic E-state index is 0.0944. The maximum absolute atomic E-state index is 13.8. The number of aryl methyl sites for hydroxylation is 2. The first-order chi connectivity index (χ1) is 16.8. The molecule has 0 bridgehead atoms. The zero-order chi connectivity index (χ0) is 25.0. The van der Waals surface area contributed by atoms with E-state index in [4.69, 9.17) is 9.15 Å². The van der Waals surface area contributed by atoms with Crippen molar-refractivity contribution in [3.05, 3.63) is 101 Å². The highest BCUT2D eigenvalue weighted by Crippen LogP contribution is 2.30. The third-order valence-electron chi connectivity index (χ3n) is 5.98. The van der Waals surface area contributed by atoms with Crippen LogP contribution in [0.15, 0.2) is 82.1 Å². The molecule has 4 aromatic rings. The molecule has 1 aromatic heterocycles. The summed E-state index contributed by atoms with van der Waals surface area (Å²) >= 11 is 0. The highest BCUT2D eigenvalue weighted by atomic mass is 32.2. The van der Waals surface area contributed by atoms with Gasteiger partial charge in [0.1, 0.15) is 5.58 Å². The maximum Gasteiger partial charge on any atom is 0.374 e.